The Labute approximate surface area is 107 Å². The molecule has 0 saturated heterocycles. The summed E-state index contributed by atoms with van der Waals surface area (Å²) in [6, 6.07) is 7.09. The SMILES string of the molecule is Cn1ccnc1COc1ccc2cc(F)sc2c1. The van der Waals surface area contributed by atoms with Crippen molar-refractivity contribution in [3.8, 4) is 5.75 Å². The first-order chi connectivity index (χ1) is 8.72. The third-order valence-electron chi connectivity index (χ3n) is 2.75. The first-order valence-corrected chi connectivity index (χ1v) is 6.32. The van der Waals surface area contributed by atoms with Gasteiger partial charge in [0.1, 0.15) is 18.2 Å². The van der Waals surface area contributed by atoms with Crippen LogP contribution in [-0.2, 0) is 13.7 Å². The normalized spacial score (nSPS) is 11.0. The summed E-state index contributed by atoms with van der Waals surface area (Å²) in [4.78, 5) is 4.18. The van der Waals surface area contributed by atoms with Crippen molar-refractivity contribution in [2.24, 2.45) is 7.05 Å². The van der Waals surface area contributed by atoms with Crippen LogP contribution in [0.25, 0.3) is 10.1 Å². The molecule has 3 aromatic rings. The highest BCUT2D eigenvalue weighted by Crippen LogP contribution is 2.28. The van der Waals surface area contributed by atoms with Crippen LogP contribution in [-0.4, -0.2) is 9.55 Å². The van der Waals surface area contributed by atoms with Crippen molar-refractivity contribution in [2.75, 3.05) is 0 Å². The van der Waals surface area contributed by atoms with Crippen molar-refractivity contribution in [3.05, 3.63) is 47.6 Å². The predicted octanol–water partition coefficient (Wildman–Crippen LogP) is 3.35. The molecule has 0 unspecified atom stereocenters. The van der Waals surface area contributed by atoms with Gasteiger partial charge in [0.2, 0.25) is 0 Å². The van der Waals surface area contributed by atoms with E-state index in [0.29, 0.717) is 6.61 Å². The summed E-state index contributed by atoms with van der Waals surface area (Å²) in [5, 5.41) is 0.730. The Morgan fingerprint density at radius 3 is 3.06 bits per heavy atom. The second kappa shape index (κ2) is 4.42. The smallest absolute Gasteiger partial charge is 0.177 e. The highest BCUT2D eigenvalue weighted by molar-refractivity contribution is 7.17. The van der Waals surface area contributed by atoms with E-state index in [0.717, 1.165) is 33.0 Å². The van der Waals surface area contributed by atoms with Crippen molar-refractivity contribution in [1.29, 1.82) is 0 Å². The molecule has 0 bridgehead atoms. The maximum Gasteiger partial charge on any atom is 0.177 e. The van der Waals surface area contributed by atoms with Crippen LogP contribution in [0.5, 0.6) is 5.75 Å². The van der Waals surface area contributed by atoms with Gasteiger partial charge in [-0.2, -0.15) is 4.39 Å². The zero-order chi connectivity index (χ0) is 12.5. The van der Waals surface area contributed by atoms with Gasteiger partial charge in [-0.1, -0.05) is 0 Å². The number of thiophene rings is 1. The van der Waals surface area contributed by atoms with Gasteiger partial charge in [-0.05, 0) is 29.7 Å². The van der Waals surface area contributed by atoms with Crippen LogP contribution in [0.15, 0.2) is 36.7 Å². The number of aromatic nitrogens is 2. The second-order valence-corrected chi connectivity index (χ2v) is 5.03. The minimum Gasteiger partial charge on any atom is -0.486 e. The summed E-state index contributed by atoms with van der Waals surface area (Å²) in [5.41, 5.74) is 0. The highest BCUT2D eigenvalue weighted by atomic mass is 32.1. The van der Waals surface area contributed by atoms with E-state index in [1.54, 1.807) is 6.20 Å². The van der Waals surface area contributed by atoms with E-state index >= 15 is 0 Å². The lowest BCUT2D eigenvalue weighted by atomic mass is 10.2. The first-order valence-electron chi connectivity index (χ1n) is 5.50. The number of rotatable bonds is 3. The van der Waals surface area contributed by atoms with Crippen LogP contribution in [0, 0.1) is 5.13 Å². The topological polar surface area (TPSA) is 27.1 Å². The van der Waals surface area contributed by atoms with Crippen LogP contribution < -0.4 is 4.74 Å². The van der Waals surface area contributed by atoms with Gasteiger partial charge in [0.25, 0.3) is 0 Å². The monoisotopic (exact) mass is 262 g/mol. The quantitative estimate of drug-likeness (QED) is 0.723. The lowest BCUT2D eigenvalue weighted by Gasteiger charge is -2.06. The van der Waals surface area contributed by atoms with E-state index in [4.69, 9.17) is 4.74 Å². The lowest BCUT2D eigenvalue weighted by molar-refractivity contribution is 0.292. The van der Waals surface area contributed by atoms with Crippen LogP contribution in [0.4, 0.5) is 4.39 Å². The Morgan fingerprint density at radius 2 is 2.28 bits per heavy atom. The summed E-state index contributed by atoms with van der Waals surface area (Å²) in [6.07, 6.45) is 3.60. The van der Waals surface area contributed by atoms with Gasteiger partial charge in [-0.25, -0.2) is 4.98 Å². The Balaban J connectivity index is 1.80. The molecule has 3 rings (SSSR count). The third kappa shape index (κ3) is 2.09. The molecule has 0 saturated carbocycles. The molecule has 0 radical (unpaired) electrons. The molecule has 0 aliphatic rings. The van der Waals surface area contributed by atoms with Crippen molar-refractivity contribution in [2.45, 2.75) is 6.61 Å². The van der Waals surface area contributed by atoms with Gasteiger partial charge >= 0.3 is 0 Å². The Kier molecular flexibility index (Phi) is 2.76. The summed E-state index contributed by atoms with van der Waals surface area (Å²) in [7, 11) is 1.92. The molecule has 0 atom stereocenters. The predicted molar refractivity (Wildman–Crippen MR) is 69.3 cm³/mol. The molecule has 1 aromatic carbocycles. The standard InChI is InChI=1S/C13H11FN2OS/c1-16-5-4-15-13(16)8-17-10-3-2-9-6-12(14)18-11(9)7-10/h2-7H,8H2,1H3. The number of hydrogen-bond donors (Lipinski definition) is 0. The maximum atomic E-state index is 13.1. The molecule has 3 nitrogen and oxygen atoms in total. The van der Waals surface area contributed by atoms with Crippen molar-refractivity contribution in [3.63, 3.8) is 0 Å². The summed E-state index contributed by atoms with van der Waals surface area (Å²) >= 11 is 1.13. The molecule has 18 heavy (non-hydrogen) atoms. The first kappa shape index (κ1) is 11.2. The molecule has 0 spiro atoms. The third-order valence-corrected chi connectivity index (χ3v) is 3.64. The fourth-order valence-electron chi connectivity index (χ4n) is 1.75. The van der Waals surface area contributed by atoms with Crippen LogP contribution >= 0.6 is 11.3 Å². The number of benzene rings is 1. The zero-order valence-corrected chi connectivity index (χ0v) is 10.6. The van der Waals surface area contributed by atoms with Gasteiger partial charge in [0.15, 0.2) is 5.13 Å². The number of aryl methyl sites for hydroxylation is 1. The Bertz CT molecular complexity index is 689. The van der Waals surface area contributed by atoms with Crippen molar-refractivity contribution >= 4 is 21.4 Å². The second-order valence-electron chi connectivity index (χ2n) is 3.99. The molecular weight excluding hydrogens is 251 g/mol. The van der Waals surface area contributed by atoms with E-state index in [9.17, 15) is 4.39 Å². The van der Waals surface area contributed by atoms with Crippen LogP contribution in [0.2, 0.25) is 0 Å². The van der Waals surface area contributed by atoms with Gasteiger partial charge in [-0.15, -0.1) is 11.3 Å². The lowest BCUT2D eigenvalue weighted by Crippen LogP contribution is -2.02. The summed E-state index contributed by atoms with van der Waals surface area (Å²) in [6.45, 7) is 0.406. The maximum absolute atomic E-state index is 13.1. The molecule has 0 aliphatic heterocycles. The number of ether oxygens (including phenoxy) is 1. The van der Waals surface area contributed by atoms with Gasteiger partial charge in [0.05, 0.1) is 0 Å². The summed E-state index contributed by atoms with van der Waals surface area (Å²) < 4.78 is 21.5. The van der Waals surface area contributed by atoms with E-state index in [1.807, 2.05) is 36.0 Å². The molecular formula is C13H11FN2OS. The molecule has 2 heterocycles. The number of nitrogens with zero attached hydrogens (tertiary/aromatic N) is 2. The van der Waals surface area contributed by atoms with Gasteiger partial charge < -0.3 is 9.30 Å². The largest absolute Gasteiger partial charge is 0.486 e. The van der Waals surface area contributed by atoms with Crippen LogP contribution in [0.3, 0.4) is 0 Å². The Morgan fingerprint density at radius 1 is 1.39 bits per heavy atom. The molecule has 0 fully saturated rings. The zero-order valence-electron chi connectivity index (χ0n) is 9.76. The minimum atomic E-state index is -0.175. The van der Waals surface area contributed by atoms with E-state index in [2.05, 4.69) is 4.98 Å². The minimum absolute atomic E-state index is 0.175. The average Bonchev–Trinajstić information content (AvgIpc) is 2.90. The molecule has 2 aromatic heterocycles. The molecule has 5 heteroatoms. The fourth-order valence-corrected chi connectivity index (χ4v) is 2.57. The van der Waals surface area contributed by atoms with Crippen molar-refractivity contribution < 1.29 is 9.13 Å². The van der Waals surface area contributed by atoms with E-state index < -0.39 is 0 Å². The van der Waals surface area contributed by atoms with Gasteiger partial charge in [0, 0.05) is 24.1 Å². The Hall–Kier alpha value is -1.88. The van der Waals surface area contributed by atoms with E-state index in [-0.39, 0.29) is 5.13 Å². The number of hydrogen-bond acceptors (Lipinski definition) is 3. The molecule has 0 N–H and O–H groups in total. The molecule has 0 amide bonds. The number of halogens is 1. The number of imidazole rings is 1. The van der Waals surface area contributed by atoms with Gasteiger partial charge in [-0.3, -0.25) is 0 Å². The summed E-state index contributed by atoms with van der Waals surface area (Å²) in [5.74, 6) is 1.58. The molecule has 0 aliphatic carbocycles. The highest BCUT2D eigenvalue weighted by Gasteiger charge is 2.04. The van der Waals surface area contributed by atoms with Crippen molar-refractivity contribution in [1.82, 2.24) is 9.55 Å². The molecule has 92 valence electrons. The average molecular weight is 262 g/mol. The number of fused-ring (bicyclic) bond motifs is 1. The van der Waals surface area contributed by atoms with E-state index in [1.165, 1.54) is 6.07 Å². The van der Waals surface area contributed by atoms with Crippen LogP contribution in [0.1, 0.15) is 5.82 Å². The fraction of sp³-hybridized carbons (Fsp3) is 0.154.